The molecule has 0 saturated carbocycles. The molecular formula is C28H31N3O4S3. The molecule has 3 N–H and O–H groups in total. The fourth-order valence-electron chi connectivity index (χ4n) is 4.27. The van der Waals surface area contributed by atoms with Gasteiger partial charge in [0.2, 0.25) is 5.91 Å². The Kier molecular flexibility index (Phi) is 9.65. The van der Waals surface area contributed by atoms with Crippen LogP contribution in [0.15, 0.2) is 53.4 Å². The van der Waals surface area contributed by atoms with Crippen molar-refractivity contribution in [3.8, 4) is 5.75 Å². The summed E-state index contributed by atoms with van der Waals surface area (Å²) in [5, 5.41) is 10.3. The van der Waals surface area contributed by atoms with Crippen LogP contribution < -0.4 is 20.7 Å². The highest BCUT2D eigenvalue weighted by Gasteiger charge is 2.29. The Morgan fingerprint density at radius 2 is 1.95 bits per heavy atom. The van der Waals surface area contributed by atoms with Crippen LogP contribution in [0.25, 0.3) is 0 Å². The summed E-state index contributed by atoms with van der Waals surface area (Å²) in [5.74, 6) is 0.931. The van der Waals surface area contributed by atoms with Gasteiger partial charge in [-0.2, -0.15) is 0 Å². The summed E-state index contributed by atoms with van der Waals surface area (Å²) < 4.78 is 10.7. The standard InChI is InChI=1S/C28H31N3O4S3/c1-4-35-27(33)25-20-13-12-17(2)14-23(20)38-26(25)31-24(32)16-37-19-9-7-8-18(15-19)29-28(36)30-21-10-5-6-11-22(21)34-3/h5-11,15,17H,4,12-14,16H2,1-3H3,(H,31,32)(H2,29,30,36). The molecule has 0 fully saturated rings. The van der Waals surface area contributed by atoms with Crippen molar-refractivity contribution in [2.75, 3.05) is 35.4 Å². The quantitative estimate of drug-likeness (QED) is 0.151. The Morgan fingerprint density at radius 3 is 2.74 bits per heavy atom. The lowest BCUT2D eigenvalue weighted by molar-refractivity contribution is -0.113. The molecule has 7 nitrogen and oxygen atoms in total. The predicted molar refractivity (Wildman–Crippen MR) is 160 cm³/mol. The number of carbonyl (C=O) groups is 2. The number of amides is 1. The summed E-state index contributed by atoms with van der Waals surface area (Å²) in [6, 6.07) is 15.2. The van der Waals surface area contributed by atoms with Crippen LogP contribution in [0.5, 0.6) is 5.75 Å². The van der Waals surface area contributed by atoms with Gasteiger partial charge < -0.3 is 25.4 Å². The number of thiocarbonyl (C=S) groups is 1. The van der Waals surface area contributed by atoms with E-state index in [0.29, 0.717) is 34.0 Å². The Labute approximate surface area is 236 Å². The van der Waals surface area contributed by atoms with Crippen molar-refractivity contribution in [2.24, 2.45) is 5.92 Å². The van der Waals surface area contributed by atoms with Crippen LogP contribution in [0.1, 0.15) is 41.1 Å². The van der Waals surface area contributed by atoms with Crippen LogP contribution in [0.4, 0.5) is 16.4 Å². The molecule has 0 radical (unpaired) electrons. The first-order valence-electron chi connectivity index (χ1n) is 12.4. The number of methoxy groups -OCH3 is 1. The van der Waals surface area contributed by atoms with E-state index in [1.54, 1.807) is 14.0 Å². The van der Waals surface area contributed by atoms with Gasteiger partial charge in [0, 0.05) is 15.5 Å². The lowest BCUT2D eigenvalue weighted by Gasteiger charge is -2.18. The summed E-state index contributed by atoms with van der Waals surface area (Å²) in [6.45, 7) is 4.30. The highest BCUT2D eigenvalue weighted by Crippen LogP contribution is 2.40. The SMILES string of the molecule is CCOC(=O)c1c(NC(=O)CSc2cccc(NC(=S)Nc3ccccc3OC)c2)sc2c1CCC(C)C2. The van der Waals surface area contributed by atoms with Crippen molar-refractivity contribution < 1.29 is 19.1 Å². The summed E-state index contributed by atoms with van der Waals surface area (Å²) in [7, 11) is 1.61. The molecule has 1 aliphatic rings. The smallest absolute Gasteiger partial charge is 0.341 e. The van der Waals surface area contributed by atoms with E-state index in [4.69, 9.17) is 21.7 Å². The van der Waals surface area contributed by atoms with Gasteiger partial charge in [0.15, 0.2) is 5.11 Å². The van der Waals surface area contributed by atoms with Gasteiger partial charge in [-0.3, -0.25) is 4.79 Å². The topological polar surface area (TPSA) is 88.7 Å². The molecule has 0 spiro atoms. The third-order valence-corrected chi connectivity index (χ3v) is 8.43. The average Bonchev–Trinajstić information content (AvgIpc) is 3.24. The molecule has 1 aliphatic carbocycles. The first kappa shape index (κ1) is 27.9. The van der Waals surface area contributed by atoms with Gasteiger partial charge in [-0.25, -0.2) is 4.79 Å². The largest absolute Gasteiger partial charge is 0.495 e. The van der Waals surface area contributed by atoms with Gasteiger partial charge in [-0.05, 0) is 80.2 Å². The number of benzene rings is 2. The molecule has 1 aromatic heterocycles. The van der Waals surface area contributed by atoms with Crippen LogP contribution in [-0.4, -0.2) is 36.5 Å². The number of esters is 1. The van der Waals surface area contributed by atoms with Crippen LogP contribution in [0, 0.1) is 5.92 Å². The molecule has 1 heterocycles. The van der Waals surface area contributed by atoms with Crippen molar-refractivity contribution in [1.29, 1.82) is 0 Å². The van der Waals surface area contributed by atoms with E-state index >= 15 is 0 Å². The number of hydrogen-bond acceptors (Lipinski definition) is 7. The molecule has 10 heteroatoms. The lowest BCUT2D eigenvalue weighted by Crippen LogP contribution is -2.19. The second kappa shape index (κ2) is 13.1. The van der Waals surface area contributed by atoms with Gasteiger partial charge in [-0.1, -0.05) is 25.1 Å². The van der Waals surface area contributed by atoms with Gasteiger partial charge >= 0.3 is 5.97 Å². The zero-order valence-electron chi connectivity index (χ0n) is 21.6. The number of fused-ring (bicyclic) bond motifs is 1. The van der Waals surface area contributed by atoms with E-state index < -0.39 is 0 Å². The highest BCUT2D eigenvalue weighted by molar-refractivity contribution is 8.00. The molecule has 200 valence electrons. The molecule has 0 saturated heterocycles. The first-order valence-corrected chi connectivity index (χ1v) is 14.6. The van der Waals surface area contributed by atoms with Gasteiger partial charge in [-0.15, -0.1) is 23.1 Å². The number of para-hydroxylation sites is 2. The minimum absolute atomic E-state index is 0.168. The number of hydrogen-bond donors (Lipinski definition) is 3. The Morgan fingerprint density at radius 1 is 1.13 bits per heavy atom. The van der Waals surface area contributed by atoms with Crippen LogP contribution in [0.2, 0.25) is 0 Å². The summed E-state index contributed by atoms with van der Waals surface area (Å²) in [5.41, 5.74) is 3.12. The molecule has 2 aromatic carbocycles. The van der Waals surface area contributed by atoms with Gasteiger partial charge in [0.05, 0.1) is 30.7 Å². The normalized spacial score (nSPS) is 14.2. The van der Waals surface area contributed by atoms with Crippen molar-refractivity contribution in [3.05, 3.63) is 64.5 Å². The Hall–Kier alpha value is -3.08. The zero-order chi connectivity index (χ0) is 27.1. The molecule has 0 bridgehead atoms. The van der Waals surface area contributed by atoms with E-state index in [1.807, 2.05) is 48.5 Å². The number of nitrogens with one attached hydrogen (secondary N) is 3. The monoisotopic (exact) mass is 569 g/mol. The molecule has 1 amide bonds. The summed E-state index contributed by atoms with van der Waals surface area (Å²) in [4.78, 5) is 27.7. The molecule has 38 heavy (non-hydrogen) atoms. The molecule has 3 aromatic rings. The molecule has 1 atom stereocenters. The minimum Gasteiger partial charge on any atom is -0.495 e. The second-order valence-corrected chi connectivity index (χ2v) is 11.5. The first-order chi connectivity index (χ1) is 18.4. The van der Waals surface area contributed by atoms with E-state index in [2.05, 4.69) is 22.9 Å². The minimum atomic E-state index is -0.362. The lowest BCUT2D eigenvalue weighted by atomic mass is 9.88. The maximum Gasteiger partial charge on any atom is 0.341 e. The van der Waals surface area contributed by atoms with Crippen molar-refractivity contribution in [1.82, 2.24) is 0 Å². The van der Waals surface area contributed by atoms with Crippen molar-refractivity contribution >= 4 is 68.7 Å². The predicted octanol–water partition coefficient (Wildman–Crippen LogP) is 6.60. The fraction of sp³-hybridized carbons (Fsp3) is 0.321. The van der Waals surface area contributed by atoms with Crippen LogP contribution >= 0.6 is 35.3 Å². The van der Waals surface area contributed by atoms with Crippen LogP contribution in [-0.2, 0) is 22.4 Å². The van der Waals surface area contributed by atoms with Gasteiger partial charge in [0.25, 0.3) is 0 Å². The Bertz CT molecular complexity index is 1320. The summed E-state index contributed by atoms with van der Waals surface area (Å²) in [6.07, 6.45) is 2.78. The molecular weight excluding hydrogens is 539 g/mol. The number of ether oxygens (including phenoxy) is 2. The maximum absolute atomic E-state index is 12.9. The molecule has 0 aliphatic heterocycles. The average molecular weight is 570 g/mol. The zero-order valence-corrected chi connectivity index (χ0v) is 24.0. The van der Waals surface area contributed by atoms with Crippen molar-refractivity contribution in [2.45, 2.75) is 38.0 Å². The van der Waals surface area contributed by atoms with E-state index in [-0.39, 0.29) is 17.6 Å². The maximum atomic E-state index is 12.9. The number of thiophene rings is 1. The van der Waals surface area contributed by atoms with Gasteiger partial charge in [0.1, 0.15) is 10.8 Å². The number of anilines is 3. The highest BCUT2D eigenvalue weighted by atomic mass is 32.2. The third kappa shape index (κ3) is 7.06. The van der Waals surface area contributed by atoms with E-state index in [9.17, 15) is 9.59 Å². The van der Waals surface area contributed by atoms with E-state index in [0.717, 1.165) is 41.1 Å². The van der Waals surface area contributed by atoms with Crippen molar-refractivity contribution in [3.63, 3.8) is 0 Å². The molecule has 1 unspecified atom stereocenters. The Balaban J connectivity index is 1.37. The van der Waals surface area contributed by atoms with E-state index in [1.165, 1.54) is 28.0 Å². The molecule has 4 rings (SSSR count). The summed E-state index contributed by atoms with van der Waals surface area (Å²) >= 11 is 8.37. The van der Waals surface area contributed by atoms with Crippen LogP contribution in [0.3, 0.4) is 0 Å². The number of thioether (sulfide) groups is 1. The number of rotatable bonds is 9. The number of carbonyl (C=O) groups excluding carboxylic acids is 2. The third-order valence-electron chi connectivity index (χ3n) is 6.06. The fourth-order valence-corrected chi connectivity index (χ4v) is 6.66. The second-order valence-electron chi connectivity index (χ2n) is 8.92.